The number of hydrogen-bond donors (Lipinski definition) is 1. The lowest BCUT2D eigenvalue weighted by Gasteiger charge is -2.29. The van der Waals surface area contributed by atoms with E-state index in [0.29, 0.717) is 11.1 Å². The maximum absolute atomic E-state index is 14.4. The van der Waals surface area contributed by atoms with Gasteiger partial charge in [0.25, 0.3) is 11.8 Å². The van der Waals surface area contributed by atoms with E-state index in [2.05, 4.69) is 5.32 Å². The Balaban J connectivity index is 1.59. The molecule has 1 N–H and O–H groups in total. The lowest BCUT2D eigenvalue weighted by atomic mass is 10.1. The summed E-state index contributed by atoms with van der Waals surface area (Å²) in [6.07, 6.45) is 3.21. The van der Waals surface area contributed by atoms with Crippen LogP contribution in [0.4, 0.5) is 14.5 Å². The van der Waals surface area contributed by atoms with E-state index < -0.39 is 17.6 Å². The first kappa shape index (κ1) is 21.7. The molecule has 1 aliphatic rings. The van der Waals surface area contributed by atoms with Crippen molar-refractivity contribution in [3.63, 3.8) is 0 Å². The number of nitrogens with zero attached hydrogens (tertiary/aromatic N) is 2. The van der Waals surface area contributed by atoms with Crippen molar-refractivity contribution >= 4 is 51.8 Å². The summed E-state index contributed by atoms with van der Waals surface area (Å²) < 4.78 is 30.5. The van der Waals surface area contributed by atoms with E-state index in [1.54, 1.807) is 30.5 Å². The van der Waals surface area contributed by atoms with Gasteiger partial charge in [0.05, 0.1) is 12.2 Å². The number of rotatable bonds is 4. The molecule has 0 spiro atoms. The van der Waals surface area contributed by atoms with Crippen LogP contribution in [0.3, 0.4) is 0 Å². The van der Waals surface area contributed by atoms with Crippen molar-refractivity contribution < 1.29 is 18.4 Å². The molecule has 1 aliphatic heterocycles. The van der Waals surface area contributed by atoms with Gasteiger partial charge in [0.2, 0.25) is 0 Å². The van der Waals surface area contributed by atoms with Crippen LogP contribution in [0.15, 0.2) is 84.6 Å². The normalized spacial score (nSPS) is 15.3. The molecular weight excluding hydrogens is 456 g/mol. The van der Waals surface area contributed by atoms with Gasteiger partial charge in [-0.15, -0.1) is 0 Å². The molecule has 0 atom stereocenters. The fourth-order valence-corrected chi connectivity index (χ4v) is 4.27. The Morgan fingerprint density at radius 2 is 1.56 bits per heavy atom. The van der Waals surface area contributed by atoms with Crippen molar-refractivity contribution in [3.8, 4) is 0 Å². The zero-order valence-electron chi connectivity index (χ0n) is 17.7. The number of aromatic nitrogens is 1. The van der Waals surface area contributed by atoms with Gasteiger partial charge in [0, 0.05) is 28.2 Å². The minimum atomic E-state index is -0.732. The first-order valence-electron chi connectivity index (χ1n) is 10.4. The Bertz CT molecular complexity index is 1510. The topological polar surface area (TPSA) is 54.3 Å². The van der Waals surface area contributed by atoms with Crippen LogP contribution in [0.25, 0.3) is 17.0 Å². The maximum atomic E-state index is 14.4. The van der Waals surface area contributed by atoms with Gasteiger partial charge < -0.3 is 4.57 Å². The second-order valence-corrected chi connectivity index (χ2v) is 8.12. The second-order valence-electron chi connectivity index (χ2n) is 7.73. The average Bonchev–Trinajstić information content (AvgIpc) is 3.16. The van der Waals surface area contributed by atoms with Gasteiger partial charge in [-0.3, -0.25) is 14.9 Å². The van der Waals surface area contributed by atoms with E-state index in [0.717, 1.165) is 15.8 Å². The summed E-state index contributed by atoms with van der Waals surface area (Å²) in [5.41, 5.74) is 1.66. The molecule has 1 fully saturated rings. The quantitative estimate of drug-likeness (QED) is 0.263. The van der Waals surface area contributed by atoms with Gasteiger partial charge in [0.1, 0.15) is 17.2 Å². The van der Waals surface area contributed by atoms with Crippen molar-refractivity contribution in [2.75, 3.05) is 4.90 Å². The smallest absolute Gasteiger partial charge is 0.270 e. The summed E-state index contributed by atoms with van der Waals surface area (Å²) in [4.78, 5) is 26.9. The van der Waals surface area contributed by atoms with Crippen LogP contribution >= 0.6 is 12.2 Å². The Kier molecular flexibility index (Phi) is 5.51. The molecule has 3 aromatic carbocycles. The third kappa shape index (κ3) is 3.78. The monoisotopic (exact) mass is 473 g/mol. The third-order valence-electron chi connectivity index (χ3n) is 5.61. The number of carbonyl (C=O) groups is 2. The molecule has 2 amide bonds. The van der Waals surface area contributed by atoms with Crippen molar-refractivity contribution in [2.24, 2.45) is 0 Å². The number of fused-ring (bicyclic) bond motifs is 1. The van der Waals surface area contributed by atoms with Gasteiger partial charge in [-0.1, -0.05) is 48.5 Å². The van der Waals surface area contributed by atoms with Crippen LogP contribution in [-0.2, 0) is 16.1 Å². The molecule has 34 heavy (non-hydrogen) atoms. The van der Waals surface area contributed by atoms with E-state index in [1.807, 2.05) is 28.8 Å². The predicted molar refractivity (Wildman–Crippen MR) is 130 cm³/mol. The molecule has 1 saturated heterocycles. The average molecular weight is 474 g/mol. The number of benzene rings is 3. The Labute approximate surface area is 198 Å². The zero-order valence-corrected chi connectivity index (χ0v) is 18.5. The lowest BCUT2D eigenvalue weighted by Crippen LogP contribution is -2.54. The largest absolute Gasteiger partial charge is 0.342 e. The number of thiocarbonyl (C=S) groups is 1. The minimum absolute atomic E-state index is 0.0506. The summed E-state index contributed by atoms with van der Waals surface area (Å²) in [7, 11) is 0. The number of nitrogens with one attached hydrogen (secondary N) is 1. The van der Waals surface area contributed by atoms with Crippen molar-refractivity contribution in [1.29, 1.82) is 0 Å². The summed E-state index contributed by atoms with van der Waals surface area (Å²) in [6, 6.07) is 19.6. The molecule has 0 unspecified atom stereocenters. The van der Waals surface area contributed by atoms with Gasteiger partial charge >= 0.3 is 0 Å². The van der Waals surface area contributed by atoms with Crippen molar-refractivity contribution in [3.05, 3.63) is 107 Å². The predicted octanol–water partition coefficient (Wildman–Crippen LogP) is 4.80. The summed E-state index contributed by atoms with van der Waals surface area (Å²) >= 11 is 5.15. The molecule has 5 nitrogen and oxygen atoms in total. The van der Waals surface area contributed by atoms with Crippen LogP contribution in [0.1, 0.15) is 11.1 Å². The zero-order chi connectivity index (χ0) is 23.8. The van der Waals surface area contributed by atoms with Crippen LogP contribution in [0, 0.1) is 11.6 Å². The van der Waals surface area contributed by atoms with Crippen molar-refractivity contribution in [2.45, 2.75) is 6.54 Å². The molecule has 4 aromatic rings. The summed E-state index contributed by atoms with van der Waals surface area (Å²) in [6.45, 7) is 0.266. The SMILES string of the molecule is O=C1NC(=S)N(c2ccccc2F)C(=O)C1=Cc1cn(Cc2ccccc2F)c2ccccc12. The molecular formula is C26H17F2N3O2S. The highest BCUT2D eigenvalue weighted by Gasteiger charge is 2.35. The van der Waals surface area contributed by atoms with Gasteiger partial charge in [-0.2, -0.15) is 0 Å². The fourth-order valence-electron chi connectivity index (χ4n) is 4.00. The van der Waals surface area contributed by atoms with E-state index in [4.69, 9.17) is 12.2 Å². The number of hydrogen-bond acceptors (Lipinski definition) is 3. The van der Waals surface area contributed by atoms with Gasteiger partial charge in [-0.05, 0) is 42.6 Å². The highest BCUT2D eigenvalue weighted by Crippen LogP contribution is 2.28. The standard InChI is InChI=1S/C26H17F2N3O2S/c27-20-9-3-1-7-16(20)14-30-15-17(18-8-2-5-11-22(18)30)13-19-24(32)29-26(34)31(25(19)33)23-12-6-4-10-21(23)28/h1-13,15H,14H2,(H,29,32,34). The van der Waals surface area contributed by atoms with Crippen molar-refractivity contribution in [1.82, 2.24) is 9.88 Å². The molecule has 168 valence electrons. The Morgan fingerprint density at radius 1 is 0.882 bits per heavy atom. The highest BCUT2D eigenvalue weighted by atomic mass is 32.1. The lowest BCUT2D eigenvalue weighted by molar-refractivity contribution is -0.122. The first-order chi connectivity index (χ1) is 16.4. The van der Waals surface area contributed by atoms with Gasteiger partial charge in [-0.25, -0.2) is 13.7 Å². The van der Waals surface area contributed by atoms with Crippen LogP contribution < -0.4 is 10.2 Å². The van der Waals surface area contributed by atoms with E-state index >= 15 is 0 Å². The number of carbonyl (C=O) groups excluding carboxylic acids is 2. The van der Waals surface area contributed by atoms with Crippen LogP contribution in [0.5, 0.6) is 0 Å². The summed E-state index contributed by atoms with van der Waals surface area (Å²) in [5, 5.41) is 3.04. The molecule has 0 aliphatic carbocycles. The fraction of sp³-hybridized carbons (Fsp3) is 0.0385. The third-order valence-corrected chi connectivity index (χ3v) is 5.90. The Hall–Kier alpha value is -4.17. The second kappa shape index (κ2) is 8.64. The van der Waals surface area contributed by atoms with E-state index in [1.165, 1.54) is 30.3 Å². The molecule has 2 heterocycles. The molecule has 0 radical (unpaired) electrons. The molecule has 1 aromatic heterocycles. The molecule has 0 saturated carbocycles. The van der Waals surface area contributed by atoms with Crippen LogP contribution in [0.2, 0.25) is 0 Å². The molecule has 5 rings (SSSR count). The Morgan fingerprint density at radius 3 is 2.32 bits per heavy atom. The van der Waals surface area contributed by atoms with Gasteiger partial charge in [0.15, 0.2) is 5.11 Å². The maximum Gasteiger partial charge on any atom is 0.270 e. The molecule has 8 heteroatoms. The molecule has 0 bridgehead atoms. The van der Waals surface area contributed by atoms with E-state index in [9.17, 15) is 18.4 Å². The summed E-state index contributed by atoms with van der Waals surface area (Å²) in [5.74, 6) is -2.37. The number of amides is 2. The number of anilines is 1. The number of halogens is 2. The minimum Gasteiger partial charge on any atom is -0.342 e. The number of para-hydroxylation sites is 2. The van der Waals surface area contributed by atoms with E-state index in [-0.39, 0.29) is 28.7 Å². The first-order valence-corrected chi connectivity index (χ1v) is 10.8. The highest BCUT2D eigenvalue weighted by molar-refractivity contribution is 7.80. The van der Waals surface area contributed by atoms with Crippen LogP contribution in [-0.4, -0.2) is 21.5 Å².